The summed E-state index contributed by atoms with van der Waals surface area (Å²) in [5.41, 5.74) is 1.77. The molecule has 7 heteroatoms. The maximum atomic E-state index is 13.3. The van der Waals surface area contributed by atoms with Crippen LogP contribution < -0.4 is 0 Å². The predicted octanol–water partition coefficient (Wildman–Crippen LogP) is 4.03. The van der Waals surface area contributed by atoms with Crippen molar-refractivity contribution < 1.29 is 13.2 Å². The Hall–Kier alpha value is -2.31. The minimum absolute atomic E-state index is 0.153. The number of H-pyrrole nitrogens is 1. The number of benzene rings is 1. The van der Waals surface area contributed by atoms with Crippen LogP contribution >= 0.6 is 0 Å². The highest BCUT2D eigenvalue weighted by Crippen LogP contribution is 2.39. The summed E-state index contributed by atoms with van der Waals surface area (Å²) in [6.07, 6.45) is 1.52. The first-order valence-corrected chi connectivity index (χ1v) is 7.12. The van der Waals surface area contributed by atoms with Gasteiger partial charge in [0.1, 0.15) is 0 Å². The highest BCUT2D eigenvalue weighted by Gasteiger charge is 2.38. The monoisotopic (exact) mass is 306 g/mol. The van der Waals surface area contributed by atoms with E-state index in [0.717, 1.165) is 34.7 Å². The van der Waals surface area contributed by atoms with Gasteiger partial charge in [-0.25, -0.2) is 4.98 Å². The molecular weight excluding hydrogens is 293 g/mol. The van der Waals surface area contributed by atoms with Gasteiger partial charge in [-0.2, -0.15) is 18.3 Å². The number of fused-ring (bicyclic) bond motifs is 1. The fourth-order valence-corrected chi connectivity index (χ4v) is 2.78. The zero-order valence-corrected chi connectivity index (χ0v) is 11.6. The second kappa shape index (κ2) is 4.59. The number of halogens is 3. The van der Waals surface area contributed by atoms with Crippen LogP contribution in [0.3, 0.4) is 0 Å². The molecule has 1 aliphatic carbocycles. The van der Waals surface area contributed by atoms with Crippen molar-refractivity contribution >= 4 is 10.9 Å². The second-order valence-corrected chi connectivity index (χ2v) is 5.63. The predicted molar refractivity (Wildman–Crippen MR) is 74.8 cm³/mol. The van der Waals surface area contributed by atoms with Gasteiger partial charge in [-0.05, 0) is 31.0 Å². The van der Waals surface area contributed by atoms with E-state index in [1.165, 1.54) is 6.20 Å². The molecule has 3 aromatic rings. The summed E-state index contributed by atoms with van der Waals surface area (Å²) in [5, 5.41) is 7.45. The van der Waals surface area contributed by atoms with Crippen LogP contribution in [-0.4, -0.2) is 19.7 Å². The van der Waals surface area contributed by atoms with Crippen molar-refractivity contribution in [1.29, 1.82) is 0 Å². The number of nitrogens with zero attached hydrogens (tertiary/aromatic N) is 3. The van der Waals surface area contributed by atoms with Gasteiger partial charge in [0.25, 0.3) is 0 Å². The number of rotatable bonds is 2. The molecule has 1 aromatic carbocycles. The fourth-order valence-electron chi connectivity index (χ4n) is 2.78. The Kier molecular flexibility index (Phi) is 2.79. The molecule has 22 heavy (non-hydrogen) atoms. The van der Waals surface area contributed by atoms with Crippen molar-refractivity contribution in [2.24, 2.45) is 0 Å². The summed E-state index contributed by atoms with van der Waals surface area (Å²) >= 11 is 0. The quantitative estimate of drug-likeness (QED) is 0.777. The molecule has 1 fully saturated rings. The number of alkyl halides is 3. The summed E-state index contributed by atoms with van der Waals surface area (Å²) in [7, 11) is 0. The smallest absolute Gasteiger partial charge is 0.296 e. The van der Waals surface area contributed by atoms with Crippen molar-refractivity contribution in [3.8, 4) is 5.69 Å². The van der Waals surface area contributed by atoms with Gasteiger partial charge >= 0.3 is 6.18 Å². The first-order valence-electron chi connectivity index (χ1n) is 7.12. The van der Waals surface area contributed by atoms with E-state index in [9.17, 15) is 13.2 Å². The lowest BCUT2D eigenvalue weighted by molar-refractivity contribution is -0.146. The lowest BCUT2D eigenvalue weighted by Crippen LogP contribution is -2.14. The van der Waals surface area contributed by atoms with Crippen molar-refractivity contribution in [1.82, 2.24) is 19.7 Å². The Bertz CT molecular complexity index is 827. The second-order valence-electron chi connectivity index (χ2n) is 5.63. The third-order valence-corrected chi connectivity index (χ3v) is 4.20. The molecule has 2 heterocycles. The normalized spacial score (nSPS) is 16.1. The van der Waals surface area contributed by atoms with E-state index >= 15 is 0 Å². The van der Waals surface area contributed by atoms with Gasteiger partial charge in [0.05, 0.1) is 17.4 Å². The summed E-state index contributed by atoms with van der Waals surface area (Å²) in [5.74, 6) is -0.711. The molecule has 0 amide bonds. The van der Waals surface area contributed by atoms with Crippen LogP contribution in [0.15, 0.2) is 30.6 Å². The van der Waals surface area contributed by atoms with Gasteiger partial charge in [-0.15, -0.1) is 0 Å². The minimum atomic E-state index is -4.48. The van der Waals surface area contributed by atoms with Gasteiger partial charge in [0.2, 0.25) is 5.82 Å². The third-order valence-electron chi connectivity index (χ3n) is 4.20. The largest absolute Gasteiger partial charge is 0.450 e. The molecule has 0 atom stereocenters. The van der Waals surface area contributed by atoms with Gasteiger partial charge in [0.15, 0.2) is 0 Å². The van der Waals surface area contributed by atoms with Crippen LogP contribution in [0.25, 0.3) is 16.6 Å². The minimum Gasteiger partial charge on any atom is -0.296 e. The number of hydrogen-bond acceptors (Lipinski definition) is 2. The molecule has 0 saturated heterocycles. The number of imidazole rings is 1. The first kappa shape index (κ1) is 13.4. The molecule has 114 valence electrons. The third kappa shape index (κ3) is 2.08. The lowest BCUT2D eigenvalue weighted by atomic mass is 9.83. The van der Waals surface area contributed by atoms with Gasteiger partial charge in [0, 0.05) is 23.2 Å². The van der Waals surface area contributed by atoms with Crippen molar-refractivity contribution in [3.05, 3.63) is 42.1 Å². The molecule has 0 radical (unpaired) electrons. The van der Waals surface area contributed by atoms with E-state index in [0.29, 0.717) is 11.4 Å². The van der Waals surface area contributed by atoms with Crippen LogP contribution in [0.4, 0.5) is 13.2 Å². The molecule has 0 aliphatic heterocycles. The van der Waals surface area contributed by atoms with Crippen molar-refractivity contribution in [2.75, 3.05) is 0 Å². The average molecular weight is 306 g/mol. The molecule has 0 bridgehead atoms. The van der Waals surface area contributed by atoms with Crippen molar-refractivity contribution in [3.63, 3.8) is 0 Å². The summed E-state index contributed by atoms with van der Waals surface area (Å²) in [6.45, 7) is 0. The Morgan fingerprint density at radius 3 is 2.73 bits per heavy atom. The fraction of sp³-hybridized carbons (Fsp3) is 0.333. The average Bonchev–Trinajstić information content (AvgIpc) is 3.00. The number of nitrogens with one attached hydrogen (secondary N) is 1. The van der Waals surface area contributed by atoms with E-state index in [1.807, 2.05) is 0 Å². The molecule has 1 aliphatic rings. The molecule has 0 spiro atoms. The molecule has 1 saturated carbocycles. The van der Waals surface area contributed by atoms with E-state index < -0.39 is 12.0 Å². The standard InChI is InChI=1S/C15H13F3N4/c16-15(17,18)14-20-13(9-2-1-3-9)8-22(14)11-4-5-12-10(6-11)7-19-21-12/h4-9H,1-3H2,(H,19,21). The summed E-state index contributed by atoms with van der Waals surface area (Å²) < 4.78 is 41.0. The molecule has 0 unspecified atom stereocenters. The summed E-state index contributed by atoms with van der Waals surface area (Å²) in [4.78, 5) is 3.86. The number of aromatic nitrogens is 4. The molecular formula is C15H13F3N4. The van der Waals surface area contributed by atoms with Crippen molar-refractivity contribution in [2.45, 2.75) is 31.4 Å². The van der Waals surface area contributed by atoms with Crippen LogP contribution in [0.2, 0.25) is 0 Å². The van der Waals surface area contributed by atoms with Gasteiger partial charge in [-0.3, -0.25) is 9.67 Å². The van der Waals surface area contributed by atoms with E-state index in [-0.39, 0.29) is 5.92 Å². The zero-order chi connectivity index (χ0) is 15.3. The summed E-state index contributed by atoms with van der Waals surface area (Å²) in [6, 6.07) is 5.04. The topological polar surface area (TPSA) is 46.5 Å². The lowest BCUT2D eigenvalue weighted by Gasteiger charge is -2.22. The Balaban J connectivity index is 1.86. The molecule has 4 rings (SSSR count). The number of hydrogen-bond donors (Lipinski definition) is 1. The zero-order valence-electron chi connectivity index (χ0n) is 11.6. The van der Waals surface area contributed by atoms with Crippen LogP contribution in [-0.2, 0) is 6.18 Å². The Morgan fingerprint density at radius 2 is 2.05 bits per heavy atom. The number of aromatic amines is 1. The Labute approximate surface area is 124 Å². The molecule has 4 nitrogen and oxygen atoms in total. The molecule has 2 aromatic heterocycles. The maximum Gasteiger partial charge on any atom is 0.450 e. The SMILES string of the molecule is FC(F)(F)c1nc(C2CCC2)cn1-c1ccc2[nH]ncc2c1. The highest BCUT2D eigenvalue weighted by atomic mass is 19.4. The van der Waals surface area contributed by atoms with Crippen LogP contribution in [0.1, 0.15) is 36.7 Å². The van der Waals surface area contributed by atoms with Gasteiger partial charge in [-0.1, -0.05) is 6.42 Å². The Morgan fingerprint density at radius 1 is 1.23 bits per heavy atom. The van der Waals surface area contributed by atoms with Crippen LogP contribution in [0, 0.1) is 0 Å². The van der Waals surface area contributed by atoms with Crippen LogP contribution in [0.5, 0.6) is 0 Å². The molecule has 1 N–H and O–H groups in total. The van der Waals surface area contributed by atoms with E-state index in [4.69, 9.17) is 0 Å². The van der Waals surface area contributed by atoms with E-state index in [2.05, 4.69) is 15.2 Å². The highest BCUT2D eigenvalue weighted by molar-refractivity contribution is 5.80. The van der Waals surface area contributed by atoms with Gasteiger partial charge < -0.3 is 0 Å². The maximum absolute atomic E-state index is 13.3. The van der Waals surface area contributed by atoms with E-state index in [1.54, 1.807) is 24.4 Å². The first-order chi connectivity index (χ1) is 10.5.